The molecule has 0 bridgehead atoms. The van der Waals surface area contributed by atoms with Crippen LogP contribution >= 0.6 is 0 Å². The highest BCUT2D eigenvalue weighted by Crippen LogP contribution is 2.42. The van der Waals surface area contributed by atoms with Crippen molar-refractivity contribution in [1.82, 2.24) is 10.2 Å². The van der Waals surface area contributed by atoms with Crippen molar-refractivity contribution in [2.45, 2.75) is 50.7 Å². The molecule has 1 fully saturated rings. The van der Waals surface area contributed by atoms with Crippen molar-refractivity contribution in [3.63, 3.8) is 0 Å². The second-order valence-corrected chi connectivity index (χ2v) is 6.94. The molecule has 130 valence electrons. The molecule has 1 saturated carbocycles. The number of aryl methyl sites for hydroxylation is 1. The van der Waals surface area contributed by atoms with Gasteiger partial charge in [-0.05, 0) is 49.8 Å². The highest BCUT2D eigenvalue weighted by Gasteiger charge is 2.41. The Hall–Kier alpha value is -2.56. The molecule has 5 heteroatoms. The molecule has 1 aromatic carbocycles. The summed E-state index contributed by atoms with van der Waals surface area (Å²) in [6.45, 7) is 1.76. The van der Waals surface area contributed by atoms with Gasteiger partial charge in [-0.3, -0.25) is 9.59 Å². The minimum Gasteiger partial charge on any atom is -0.472 e. The zero-order valence-corrected chi connectivity index (χ0v) is 14.3. The van der Waals surface area contributed by atoms with Gasteiger partial charge in [0.15, 0.2) is 0 Å². The maximum Gasteiger partial charge on any atom is 0.255 e. The van der Waals surface area contributed by atoms with E-state index in [1.54, 1.807) is 13.0 Å². The van der Waals surface area contributed by atoms with Crippen LogP contribution in [0, 0.1) is 0 Å². The van der Waals surface area contributed by atoms with Gasteiger partial charge in [-0.2, -0.15) is 0 Å². The molecule has 2 amide bonds. The molecule has 1 N–H and O–H groups in total. The second kappa shape index (κ2) is 6.39. The van der Waals surface area contributed by atoms with Crippen molar-refractivity contribution >= 4 is 11.8 Å². The molecule has 4 rings (SSSR count). The summed E-state index contributed by atoms with van der Waals surface area (Å²) >= 11 is 0. The molecular weight excluding hydrogens is 316 g/mol. The standard InChI is InChI=1S/C20H22N2O3/c1-13(21-19(23)15-10-11-25-12-15)20(24)22(16-7-8-16)18-9-6-14-4-2-3-5-17(14)18/h2-5,10-13,16,18H,6-9H2,1H3,(H,21,23)/t13-,18+/m1/s1. The maximum absolute atomic E-state index is 13.1. The molecule has 0 aliphatic heterocycles. The largest absolute Gasteiger partial charge is 0.472 e. The van der Waals surface area contributed by atoms with E-state index in [-0.39, 0.29) is 17.9 Å². The summed E-state index contributed by atoms with van der Waals surface area (Å²) < 4.78 is 4.94. The van der Waals surface area contributed by atoms with E-state index in [0.29, 0.717) is 11.6 Å². The van der Waals surface area contributed by atoms with Crippen LogP contribution in [0.4, 0.5) is 0 Å². The molecule has 0 unspecified atom stereocenters. The molecular formula is C20H22N2O3. The highest BCUT2D eigenvalue weighted by molar-refractivity contribution is 5.97. The topological polar surface area (TPSA) is 62.6 Å². The quantitative estimate of drug-likeness (QED) is 0.911. The third-order valence-corrected chi connectivity index (χ3v) is 5.13. The van der Waals surface area contributed by atoms with Gasteiger partial charge in [0.1, 0.15) is 12.3 Å². The van der Waals surface area contributed by atoms with Crippen molar-refractivity contribution in [2.24, 2.45) is 0 Å². The average molecular weight is 338 g/mol. The van der Waals surface area contributed by atoms with E-state index in [1.165, 1.54) is 23.7 Å². The van der Waals surface area contributed by atoms with Crippen molar-refractivity contribution in [1.29, 1.82) is 0 Å². The lowest BCUT2D eigenvalue weighted by atomic mass is 10.1. The van der Waals surface area contributed by atoms with Gasteiger partial charge in [-0.25, -0.2) is 0 Å². The number of rotatable bonds is 5. The fourth-order valence-electron chi connectivity index (χ4n) is 3.72. The van der Waals surface area contributed by atoms with Crippen LogP contribution < -0.4 is 5.32 Å². The van der Waals surface area contributed by atoms with Crippen LogP contribution in [-0.2, 0) is 11.2 Å². The molecule has 5 nitrogen and oxygen atoms in total. The van der Waals surface area contributed by atoms with Gasteiger partial charge in [0.05, 0.1) is 17.9 Å². The maximum atomic E-state index is 13.1. The molecule has 2 atom stereocenters. The zero-order valence-electron chi connectivity index (χ0n) is 14.3. The Morgan fingerprint density at radius 1 is 1.20 bits per heavy atom. The normalized spacial score (nSPS) is 20.0. The molecule has 1 aromatic heterocycles. The first-order valence-electron chi connectivity index (χ1n) is 8.88. The lowest BCUT2D eigenvalue weighted by Gasteiger charge is -2.32. The number of amides is 2. The smallest absolute Gasteiger partial charge is 0.255 e. The minimum atomic E-state index is -0.559. The van der Waals surface area contributed by atoms with Crippen molar-refractivity contribution in [2.75, 3.05) is 0 Å². The van der Waals surface area contributed by atoms with Gasteiger partial charge in [0.2, 0.25) is 5.91 Å². The van der Waals surface area contributed by atoms with Crippen molar-refractivity contribution in [3.05, 3.63) is 59.5 Å². The first-order valence-corrected chi connectivity index (χ1v) is 8.88. The van der Waals surface area contributed by atoms with Crippen LogP contribution in [0.3, 0.4) is 0 Å². The summed E-state index contributed by atoms with van der Waals surface area (Å²) in [5.74, 6) is -0.279. The van der Waals surface area contributed by atoms with Crippen LogP contribution in [0.1, 0.15) is 53.7 Å². The average Bonchev–Trinajstić information content (AvgIpc) is 3.12. The Bertz CT molecular complexity index is 780. The summed E-state index contributed by atoms with van der Waals surface area (Å²) in [5.41, 5.74) is 3.03. The Labute approximate surface area is 147 Å². The van der Waals surface area contributed by atoms with Crippen molar-refractivity contribution < 1.29 is 14.0 Å². The van der Waals surface area contributed by atoms with Gasteiger partial charge in [0, 0.05) is 6.04 Å². The van der Waals surface area contributed by atoms with Crippen LogP contribution in [0.15, 0.2) is 47.3 Å². The molecule has 0 saturated heterocycles. The van der Waals surface area contributed by atoms with Crippen LogP contribution in [0.2, 0.25) is 0 Å². The molecule has 1 heterocycles. The third kappa shape index (κ3) is 3.06. The number of nitrogens with zero attached hydrogens (tertiary/aromatic N) is 1. The van der Waals surface area contributed by atoms with E-state index in [4.69, 9.17) is 4.42 Å². The fourth-order valence-corrected chi connectivity index (χ4v) is 3.72. The van der Waals surface area contributed by atoms with Crippen LogP contribution in [0.25, 0.3) is 0 Å². The monoisotopic (exact) mass is 338 g/mol. The van der Waals surface area contributed by atoms with Crippen molar-refractivity contribution in [3.8, 4) is 0 Å². The second-order valence-electron chi connectivity index (χ2n) is 6.94. The van der Waals surface area contributed by atoms with E-state index in [9.17, 15) is 9.59 Å². The Balaban J connectivity index is 1.51. The SMILES string of the molecule is C[C@@H](NC(=O)c1ccoc1)C(=O)N(C1CC1)[C@H]1CCc2ccccc21. The van der Waals surface area contributed by atoms with E-state index >= 15 is 0 Å². The fraction of sp³-hybridized carbons (Fsp3) is 0.400. The third-order valence-electron chi connectivity index (χ3n) is 5.13. The van der Waals surface area contributed by atoms with Gasteiger partial charge in [-0.15, -0.1) is 0 Å². The molecule has 0 radical (unpaired) electrons. The lowest BCUT2D eigenvalue weighted by Crippen LogP contribution is -2.48. The van der Waals surface area contributed by atoms with E-state index in [2.05, 4.69) is 23.5 Å². The van der Waals surface area contributed by atoms with Gasteiger partial charge >= 0.3 is 0 Å². The summed E-state index contributed by atoms with van der Waals surface area (Å²) in [7, 11) is 0. The molecule has 2 aromatic rings. The molecule has 2 aliphatic carbocycles. The highest BCUT2D eigenvalue weighted by atomic mass is 16.3. The van der Waals surface area contributed by atoms with Gasteiger partial charge in [0.25, 0.3) is 5.91 Å². The first-order chi connectivity index (χ1) is 12.1. The minimum absolute atomic E-state index is 0.000970. The summed E-state index contributed by atoms with van der Waals surface area (Å²) in [5, 5.41) is 2.80. The number of fused-ring (bicyclic) bond motifs is 1. The number of carbonyl (C=O) groups is 2. The number of furan rings is 1. The number of benzene rings is 1. The summed E-state index contributed by atoms with van der Waals surface area (Å²) in [4.78, 5) is 27.3. The number of carbonyl (C=O) groups excluding carboxylic acids is 2. The van der Waals surface area contributed by atoms with Crippen LogP contribution in [-0.4, -0.2) is 28.8 Å². The molecule has 2 aliphatic rings. The van der Waals surface area contributed by atoms with E-state index < -0.39 is 6.04 Å². The van der Waals surface area contributed by atoms with Gasteiger partial charge < -0.3 is 14.6 Å². The predicted molar refractivity (Wildman–Crippen MR) is 93.0 cm³/mol. The molecule has 0 spiro atoms. The van der Waals surface area contributed by atoms with E-state index in [0.717, 1.165) is 25.7 Å². The summed E-state index contributed by atoms with van der Waals surface area (Å²) in [6.07, 6.45) is 6.91. The number of hydrogen-bond donors (Lipinski definition) is 1. The summed E-state index contributed by atoms with van der Waals surface area (Å²) in [6, 6.07) is 9.84. The zero-order chi connectivity index (χ0) is 17.4. The lowest BCUT2D eigenvalue weighted by molar-refractivity contribution is -0.136. The molecule has 25 heavy (non-hydrogen) atoms. The Kier molecular flexibility index (Phi) is 4.07. The van der Waals surface area contributed by atoms with E-state index in [1.807, 2.05) is 11.0 Å². The predicted octanol–water partition coefficient (Wildman–Crippen LogP) is 3.08. The Morgan fingerprint density at radius 3 is 2.72 bits per heavy atom. The van der Waals surface area contributed by atoms with Crippen LogP contribution in [0.5, 0.6) is 0 Å². The number of nitrogens with one attached hydrogen (secondary N) is 1. The first kappa shape index (κ1) is 15.9. The number of hydrogen-bond acceptors (Lipinski definition) is 3. The Morgan fingerprint density at radius 2 is 2.00 bits per heavy atom. The van der Waals surface area contributed by atoms with Gasteiger partial charge in [-0.1, -0.05) is 24.3 Å².